The predicted molar refractivity (Wildman–Crippen MR) is 105 cm³/mol. The number of imide groups is 1. The van der Waals surface area contributed by atoms with Crippen LogP contribution in [0.5, 0.6) is 5.75 Å². The molecule has 0 unspecified atom stereocenters. The molecule has 0 atom stereocenters. The van der Waals surface area contributed by atoms with Crippen LogP contribution in [-0.4, -0.2) is 46.1 Å². The van der Waals surface area contributed by atoms with Crippen LogP contribution < -0.4 is 15.4 Å². The fourth-order valence-corrected chi connectivity index (χ4v) is 3.07. The fraction of sp³-hybridized carbons (Fsp3) is 0.444. The van der Waals surface area contributed by atoms with Crippen LogP contribution >= 0.6 is 11.8 Å². The van der Waals surface area contributed by atoms with Crippen LogP contribution in [0.3, 0.4) is 0 Å². The van der Waals surface area contributed by atoms with Crippen LogP contribution in [0.25, 0.3) is 11.4 Å². The third-order valence-electron chi connectivity index (χ3n) is 3.64. The van der Waals surface area contributed by atoms with Crippen LogP contribution in [0.1, 0.15) is 20.8 Å². The maximum atomic E-state index is 12.0. The van der Waals surface area contributed by atoms with Crippen molar-refractivity contribution in [1.82, 2.24) is 25.4 Å². The van der Waals surface area contributed by atoms with Crippen molar-refractivity contribution in [2.24, 2.45) is 5.92 Å². The number of hydrogen-bond donors (Lipinski definition) is 2. The van der Waals surface area contributed by atoms with Gasteiger partial charge in [0.05, 0.1) is 12.9 Å². The zero-order valence-corrected chi connectivity index (χ0v) is 16.8. The van der Waals surface area contributed by atoms with Crippen LogP contribution in [-0.2, 0) is 11.3 Å². The third-order valence-corrected chi connectivity index (χ3v) is 4.60. The summed E-state index contributed by atoms with van der Waals surface area (Å²) in [6.07, 6.45) is 0. The lowest BCUT2D eigenvalue weighted by molar-refractivity contribution is -0.117. The lowest BCUT2D eigenvalue weighted by Crippen LogP contribution is -2.41. The van der Waals surface area contributed by atoms with Crippen molar-refractivity contribution in [3.63, 3.8) is 0 Å². The van der Waals surface area contributed by atoms with Gasteiger partial charge in [-0.05, 0) is 37.1 Å². The van der Waals surface area contributed by atoms with Crippen LogP contribution in [0.15, 0.2) is 29.4 Å². The van der Waals surface area contributed by atoms with Crippen LogP contribution in [0.2, 0.25) is 0 Å². The SMILES string of the molecule is CCn1c(SCC(=O)NC(=O)NCC(C)C)nnc1-c1ccc(OC)cc1. The van der Waals surface area contributed by atoms with Crippen molar-refractivity contribution in [2.45, 2.75) is 32.5 Å². The second-order valence-electron chi connectivity index (χ2n) is 6.22. The minimum atomic E-state index is -0.481. The van der Waals surface area contributed by atoms with Crippen molar-refractivity contribution in [2.75, 3.05) is 19.4 Å². The van der Waals surface area contributed by atoms with E-state index in [2.05, 4.69) is 20.8 Å². The first kappa shape index (κ1) is 20.8. The minimum absolute atomic E-state index is 0.0792. The average molecular weight is 391 g/mol. The Morgan fingerprint density at radius 1 is 1.22 bits per heavy atom. The smallest absolute Gasteiger partial charge is 0.321 e. The number of carbonyl (C=O) groups is 2. The van der Waals surface area contributed by atoms with E-state index in [-0.39, 0.29) is 11.7 Å². The van der Waals surface area contributed by atoms with E-state index in [0.717, 1.165) is 17.1 Å². The minimum Gasteiger partial charge on any atom is -0.497 e. The van der Waals surface area contributed by atoms with Gasteiger partial charge >= 0.3 is 6.03 Å². The Morgan fingerprint density at radius 3 is 2.52 bits per heavy atom. The molecule has 0 bridgehead atoms. The molecule has 0 aliphatic carbocycles. The lowest BCUT2D eigenvalue weighted by atomic mass is 10.2. The highest BCUT2D eigenvalue weighted by atomic mass is 32.2. The molecule has 27 heavy (non-hydrogen) atoms. The molecule has 146 valence electrons. The molecule has 2 aromatic rings. The molecule has 0 saturated heterocycles. The van der Waals surface area contributed by atoms with E-state index in [4.69, 9.17) is 4.74 Å². The molecule has 0 aliphatic heterocycles. The number of urea groups is 1. The standard InChI is InChI=1S/C18H25N5O3S/c1-5-23-16(13-6-8-14(26-4)9-7-13)21-22-18(23)27-11-15(24)20-17(25)19-10-12(2)3/h6-9,12H,5,10-11H2,1-4H3,(H2,19,20,24,25). The van der Waals surface area contributed by atoms with Gasteiger partial charge in [0.15, 0.2) is 11.0 Å². The molecule has 0 saturated carbocycles. The van der Waals surface area contributed by atoms with Gasteiger partial charge in [-0.1, -0.05) is 25.6 Å². The summed E-state index contributed by atoms with van der Waals surface area (Å²) in [4.78, 5) is 23.6. The van der Waals surface area contributed by atoms with Crippen molar-refractivity contribution in [3.05, 3.63) is 24.3 Å². The fourth-order valence-electron chi connectivity index (χ4n) is 2.27. The monoisotopic (exact) mass is 391 g/mol. The Balaban J connectivity index is 1.98. The second-order valence-corrected chi connectivity index (χ2v) is 7.16. The number of methoxy groups -OCH3 is 1. The summed E-state index contributed by atoms with van der Waals surface area (Å²) in [5.41, 5.74) is 0.912. The molecular weight excluding hydrogens is 366 g/mol. The number of thioether (sulfide) groups is 1. The molecule has 9 heteroatoms. The number of hydrogen-bond acceptors (Lipinski definition) is 6. The summed E-state index contributed by atoms with van der Waals surface area (Å²) >= 11 is 1.24. The Labute approximate surface area is 163 Å². The van der Waals surface area contributed by atoms with Gasteiger partial charge in [-0.2, -0.15) is 0 Å². The first-order valence-electron chi connectivity index (χ1n) is 8.72. The summed E-state index contributed by atoms with van der Waals surface area (Å²) in [5, 5.41) is 14.0. The largest absolute Gasteiger partial charge is 0.497 e. The highest BCUT2D eigenvalue weighted by Crippen LogP contribution is 2.25. The number of nitrogens with one attached hydrogen (secondary N) is 2. The highest BCUT2D eigenvalue weighted by Gasteiger charge is 2.15. The summed E-state index contributed by atoms with van der Waals surface area (Å²) in [6, 6.07) is 7.06. The molecule has 2 rings (SSSR count). The second kappa shape index (κ2) is 9.96. The summed E-state index contributed by atoms with van der Waals surface area (Å²) in [5.74, 6) is 1.51. The highest BCUT2D eigenvalue weighted by molar-refractivity contribution is 7.99. The third kappa shape index (κ3) is 5.99. The Bertz CT molecular complexity index is 774. The van der Waals surface area contributed by atoms with Gasteiger partial charge in [0.1, 0.15) is 5.75 Å². The van der Waals surface area contributed by atoms with Gasteiger partial charge in [-0.15, -0.1) is 10.2 Å². The van der Waals surface area contributed by atoms with E-state index in [1.165, 1.54) is 11.8 Å². The molecule has 0 fully saturated rings. The topological polar surface area (TPSA) is 98.1 Å². The normalized spacial score (nSPS) is 10.7. The van der Waals surface area contributed by atoms with E-state index in [1.807, 2.05) is 49.6 Å². The number of carbonyl (C=O) groups excluding carboxylic acids is 2. The molecular formula is C18H25N5O3S. The van der Waals surface area contributed by atoms with Gasteiger partial charge in [-0.25, -0.2) is 4.79 Å². The summed E-state index contributed by atoms with van der Waals surface area (Å²) in [6.45, 7) is 7.13. The van der Waals surface area contributed by atoms with E-state index in [9.17, 15) is 9.59 Å². The summed E-state index contributed by atoms with van der Waals surface area (Å²) in [7, 11) is 1.62. The number of nitrogens with zero attached hydrogens (tertiary/aromatic N) is 3. The number of rotatable bonds is 8. The van der Waals surface area contributed by atoms with E-state index >= 15 is 0 Å². The molecule has 3 amide bonds. The van der Waals surface area contributed by atoms with Crippen molar-refractivity contribution < 1.29 is 14.3 Å². The Hall–Kier alpha value is -2.55. The number of aromatic nitrogens is 3. The van der Waals surface area contributed by atoms with Crippen LogP contribution in [0.4, 0.5) is 4.79 Å². The molecule has 0 radical (unpaired) electrons. The maximum Gasteiger partial charge on any atom is 0.321 e. The van der Waals surface area contributed by atoms with E-state index in [0.29, 0.717) is 24.2 Å². The van der Waals surface area contributed by atoms with E-state index in [1.54, 1.807) is 7.11 Å². The molecule has 1 heterocycles. The van der Waals surface area contributed by atoms with E-state index < -0.39 is 6.03 Å². The first-order valence-corrected chi connectivity index (χ1v) is 9.71. The molecule has 1 aromatic carbocycles. The maximum absolute atomic E-state index is 12.0. The van der Waals surface area contributed by atoms with Crippen LogP contribution in [0, 0.1) is 5.92 Å². The molecule has 2 N–H and O–H groups in total. The van der Waals surface area contributed by atoms with Crippen molar-refractivity contribution in [1.29, 1.82) is 0 Å². The van der Waals surface area contributed by atoms with Gasteiger partial charge < -0.3 is 14.6 Å². The lowest BCUT2D eigenvalue weighted by Gasteiger charge is -2.09. The predicted octanol–water partition coefficient (Wildman–Crippen LogP) is 2.55. The molecule has 0 spiro atoms. The first-order chi connectivity index (χ1) is 12.9. The Kier molecular flexibility index (Phi) is 7.66. The zero-order valence-electron chi connectivity index (χ0n) is 16.0. The quantitative estimate of drug-likeness (QED) is 0.671. The number of amides is 3. The van der Waals surface area contributed by atoms with Crippen molar-refractivity contribution >= 4 is 23.7 Å². The summed E-state index contributed by atoms with van der Waals surface area (Å²) < 4.78 is 7.10. The molecule has 0 aliphatic rings. The average Bonchev–Trinajstić information content (AvgIpc) is 3.07. The van der Waals surface area contributed by atoms with Gasteiger partial charge in [0.2, 0.25) is 5.91 Å². The van der Waals surface area contributed by atoms with Crippen molar-refractivity contribution in [3.8, 4) is 17.1 Å². The molecule has 1 aromatic heterocycles. The van der Waals surface area contributed by atoms with Gasteiger partial charge in [0.25, 0.3) is 0 Å². The number of ether oxygens (including phenoxy) is 1. The molecule has 8 nitrogen and oxygen atoms in total. The zero-order chi connectivity index (χ0) is 19.8. The van der Waals surface area contributed by atoms with Gasteiger partial charge in [0, 0.05) is 18.7 Å². The Morgan fingerprint density at radius 2 is 1.93 bits per heavy atom. The number of benzene rings is 1. The van der Waals surface area contributed by atoms with Gasteiger partial charge in [-0.3, -0.25) is 10.1 Å².